The van der Waals surface area contributed by atoms with E-state index in [0.29, 0.717) is 0 Å². The van der Waals surface area contributed by atoms with Gasteiger partial charge in [0.15, 0.2) is 0 Å². The Labute approximate surface area is 239 Å². The van der Waals surface area contributed by atoms with Gasteiger partial charge in [-0.2, -0.15) is 5.26 Å². The van der Waals surface area contributed by atoms with Crippen LogP contribution in [0.1, 0.15) is 73.8 Å². The van der Waals surface area contributed by atoms with E-state index in [9.17, 15) is 5.26 Å². The van der Waals surface area contributed by atoms with E-state index in [1.54, 1.807) is 0 Å². The normalized spacial score (nSPS) is 11.3. The number of hydrogen-bond acceptors (Lipinski definition) is 3. The van der Waals surface area contributed by atoms with E-state index in [4.69, 9.17) is 0 Å². The molecule has 210 valence electrons. The summed E-state index contributed by atoms with van der Waals surface area (Å²) in [5, 5.41) is 13.3. The zero-order valence-corrected chi connectivity index (χ0v) is 25.8. The van der Waals surface area contributed by atoms with Crippen LogP contribution in [0.4, 0.5) is 0 Å². The Bertz CT molecular complexity index is 1110. The van der Waals surface area contributed by atoms with Crippen molar-refractivity contribution >= 4 is 10.8 Å². The maximum absolute atomic E-state index is 11.0. The Kier molecular flexibility index (Phi) is 13.4. The Morgan fingerprint density at radius 3 is 1.46 bits per heavy atom. The van der Waals surface area contributed by atoms with E-state index in [0.717, 1.165) is 57.7 Å². The Morgan fingerprint density at radius 1 is 0.641 bits per heavy atom. The van der Waals surface area contributed by atoms with Crippen LogP contribution in [-0.2, 0) is 5.41 Å². The molecule has 2 rings (SSSR count). The highest BCUT2D eigenvalue weighted by Crippen LogP contribution is 2.37. The Balaban J connectivity index is 2.48. The summed E-state index contributed by atoms with van der Waals surface area (Å²) in [7, 11) is 0. The Hall–Kier alpha value is -2.93. The van der Waals surface area contributed by atoms with Gasteiger partial charge in [-0.15, -0.1) is 0 Å². The van der Waals surface area contributed by atoms with E-state index >= 15 is 0 Å². The predicted octanol–water partition coefficient (Wildman–Crippen LogP) is 8.85. The lowest BCUT2D eigenvalue weighted by molar-refractivity contribution is 0.263. The zero-order chi connectivity index (χ0) is 28.8. The van der Waals surface area contributed by atoms with Crippen molar-refractivity contribution in [2.45, 2.75) is 73.6 Å². The van der Waals surface area contributed by atoms with Gasteiger partial charge >= 0.3 is 0 Å². The fourth-order valence-electron chi connectivity index (χ4n) is 4.67. The number of rotatable bonds is 15. The van der Waals surface area contributed by atoms with Crippen LogP contribution in [0, 0.1) is 11.3 Å². The molecular weight excluding hydrogens is 474 g/mol. The lowest BCUT2D eigenvalue weighted by Gasteiger charge is -2.33. The van der Waals surface area contributed by atoms with Crippen LogP contribution in [0.25, 0.3) is 10.8 Å². The smallest absolute Gasteiger partial charge is 0.0852 e. The lowest BCUT2D eigenvalue weighted by Crippen LogP contribution is -2.37. The average molecular weight is 526 g/mol. The highest BCUT2D eigenvalue weighted by molar-refractivity contribution is 5.87. The Morgan fingerprint density at radius 2 is 1.05 bits per heavy atom. The standard InChI is InChI=1S/C36H51N3/c1-29(2)16-22-38(23-17-30(3)4)26-20-36(28-37,35-15-11-13-33-12-9-10-14-34(33)35)21-27-39(24-18-31(5)6)25-19-32(7)8/h9-19H,20-27H2,1-8H3. The first-order valence-electron chi connectivity index (χ1n) is 14.4. The minimum atomic E-state index is -0.580. The molecule has 3 nitrogen and oxygen atoms in total. The van der Waals surface area contributed by atoms with Gasteiger partial charge in [-0.3, -0.25) is 9.80 Å². The van der Waals surface area contributed by atoms with Crippen LogP contribution in [0.5, 0.6) is 0 Å². The van der Waals surface area contributed by atoms with Gasteiger partial charge < -0.3 is 0 Å². The first-order valence-corrected chi connectivity index (χ1v) is 14.4. The summed E-state index contributed by atoms with van der Waals surface area (Å²) >= 11 is 0. The van der Waals surface area contributed by atoms with Gasteiger partial charge in [-0.1, -0.05) is 89.1 Å². The first-order chi connectivity index (χ1) is 18.6. The molecule has 0 atom stereocenters. The number of fused-ring (bicyclic) bond motifs is 1. The van der Waals surface area contributed by atoms with Gasteiger partial charge in [0.1, 0.15) is 0 Å². The van der Waals surface area contributed by atoms with Crippen LogP contribution >= 0.6 is 0 Å². The predicted molar refractivity (Wildman–Crippen MR) is 171 cm³/mol. The number of benzene rings is 2. The molecule has 0 radical (unpaired) electrons. The van der Waals surface area contributed by atoms with Crippen molar-refractivity contribution < 1.29 is 0 Å². The first kappa shape index (κ1) is 32.3. The summed E-state index contributed by atoms with van der Waals surface area (Å²) in [6, 6.07) is 17.9. The summed E-state index contributed by atoms with van der Waals surface area (Å²) in [5.41, 5.74) is 5.89. The SMILES string of the molecule is CC(C)=CCN(CC=C(C)C)CCC(C#N)(CCN(CC=C(C)C)CC=C(C)C)c1cccc2ccccc12. The molecule has 0 aliphatic carbocycles. The molecule has 0 N–H and O–H groups in total. The maximum atomic E-state index is 11.0. The monoisotopic (exact) mass is 525 g/mol. The fourth-order valence-corrected chi connectivity index (χ4v) is 4.67. The van der Waals surface area contributed by atoms with Gasteiger partial charge in [-0.25, -0.2) is 0 Å². The molecular formula is C36H51N3. The highest BCUT2D eigenvalue weighted by atomic mass is 15.1. The van der Waals surface area contributed by atoms with Crippen LogP contribution < -0.4 is 0 Å². The van der Waals surface area contributed by atoms with Crippen molar-refractivity contribution in [3.8, 4) is 6.07 Å². The van der Waals surface area contributed by atoms with E-state index in [1.807, 2.05) is 0 Å². The van der Waals surface area contributed by atoms with Crippen molar-refractivity contribution in [3.05, 3.63) is 94.6 Å². The van der Waals surface area contributed by atoms with Gasteiger partial charge in [0.05, 0.1) is 11.5 Å². The molecule has 39 heavy (non-hydrogen) atoms. The van der Waals surface area contributed by atoms with Gasteiger partial charge in [-0.05, 0) is 84.6 Å². The molecule has 0 unspecified atom stereocenters. The average Bonchev–Trinajstić information content (AvgIpc) is 2.90. The summed E-state index contributed by atoms with van der Waals surface area (Å²) in [6.45, 7) is 22.6. The van der Waals surface area contributed by atoms with Crippen molar-refractivity contribution in [1.82, 2.24) is 9.80 Å². The number of nitrogens with zero attached hydrogens (tertiary/aromatic N) is 3. The van der Waals surface area contributed by atoms with E-state index in [2.05, 4.69) is 138 Å². The molecule has 0 fully saturated rings. The van der Waals surface area contributed by atoms with Crippen molar-refractivity contribution in [1.29, 1.82) is 5.26 Å². The van der Waals surface area contributed by atoms with E-state index in [1.165, 1.54) is 33.1 Å². The van der Waals surface area contributed by atoms with Crippen molar-refractivity contribution in [2.75, 3.05) is 39.3 Å². The minimum absolute atomic E-state index is 0.580. The topological polar surface area (TPSA) is 30.3 Å². The molecule has 2 aromatic rings. The van der Waals surface area contributed by atoms with Gasteiger partial charge in [0.2, 0.25) is 0 Å². The number of hydrogen-bond donors (Lipinski definition) is 0. The molecule has 0 amide bonds. The molecule has 0 saturated carbocycles. The highest BCUT2D eigenvalue weighted by Gasteiger charge is 2.34. The second-order valence-corrected chi connectivity index (χ2v) is 11.9. The van der Waals surface area contributed by atoms with Crippen LogP contribution in [0.2, 0.25) is 0 Å². The van der Waals surface area contributed by atoms with Gasteiger partial charge in [0.25, 0.3) is 0 Å². The summed E-state index contributed by atoms with van der Waals surface area (Å²) in [4.78, 5) is 4.95. The molecule has 0 aromatic heterocycles. The maximum Gasteiger partial charge on any atom is 0.0852 e. The largest absolute Gasteiger partial charge is 0.296 e. The molecule has 0 bridgehead atoms. The third kappa shape index (κ3) is 11.0. The summed E-state index contributed by atoms with van der Waals surface area (Å²) in [6.07, 6.45) is 10.8. The molecule has 0 aliphatic rings. The summed E-state index contributed by atoms with van der Waals surface area (Å²) < 4.78 is 0. The third-order valence-corrected chi connectivity index (χ3v) is 7.26. The zero-order valence-electron chi connectivity index (χ0n) is 25.8. The molecule has 2 aromatic carbocycles. The van der Waals surface area contributed by atoms with Gasteiger partial charge in [0, 0.05) is 39.3 Å². The van der Waals surface area contributed by atoms with Crippen molar-refractivity contribution in [3.63, 3.8) is 0 Å². The lowest BCUT2D eigenvalue weighted by atomic mass is 9.74. The molecule has 0 saturated heterocycles. The van der Waals surface area contributed by atoms with E-state index in [-0.39, 0.29) is 0 Å². The third-order valence-electron chi connectivity index (χ3n) is 7.26. The second kappa shape index (κ2) is 16.2. The molecule has 0 spiro atoms. The molecule has 0 heterocycles. The quantitative estimate of drug-likeness (QED) is 0.218. The van der Waals surface area contributed by atoms with E-state index < -0.39 is 5.41 Å². The minimum Gasteiger partial charge on any atom is -0.296 e. The van der Waals surface area contributed by atoms with Crippen molar-refractivity contribution in [2.24, 2.45) is 0 Å². The number of allylic oxidation sites excluding steroid dienone is 4. The summed E-state index contributed by atoms with van der Waals surface area (Å²) in [5.74, 6) is 0. The van der Waals surface area contributed by atoms with Crippen LogP contribution in [0.3, 0.4) is 0 Å². The molecule has 3 heteroatoms. The fraction of sp³-hybridized carbons (Fsp3) is 0.472. The molecule has 0 aliphatic heterocycles. The van der Waals surface area contributed by atoms with Crippen LogP contribution in [-0.4, -0.2) is 49.1 Å². The second-order valence-electron chi connectivity index (χ2n) is 11.9. The van der Waals surface area contributed by atoms with Crippen LogP contribution in [0.15, 0.2) is 89.1 Å². The number of nitriles is 1.